The van der Waals surface area contributed by atoms with Crippen LogP contribution in [0.2, 0.25) is 5.02 Å². The zero-order chi connectivity index (χ0) is 10.3. The van der Waals surface area contributed by atoms with Gasteiger partial charge in [-0.2, -0.15) is 0 Å². The van der Waals surface area contributed by atoms with E-state index in [1.807, 2.05) is 0 Å². The van der Waals surface area contributed by atoms with Crippen molar-refractivity contribution < 1.29 is 0 Å². The smallest absolute Gasteiger partial charge is 0.151 e. The molecule has 1 N–H and O–H groups in total. The standard InChI is InChI=1S/C10H13ClN4/c11-8-4-13-6-14-10(8)15-2-1-7-3-12-5-9(7)15/h4,6-7,9,12H,1-3,5H2/t7-,9+/m0/s1. The average Bonchev–Trinajstić information content (AvgIpc) is 2.80. The third-order valence-corrected chi connectivity index (χ3v) is 3.63. The van der Waals surface area contributed by atoms with E-state index < -0.39 is 0 Å². The summed E-state index contributed by atoms with van der Waals surface area (Å²) in [5.41, 5.74) is 0. The molecule has 4 nitrogen and oxygen atoms in total. The van der Waals surface area contributed by atoms with Gasteiger partial charge in [0.2, 0.25) is 0 Å². The summed E-state index contributed by atoms with van der Waals surface area (Å²) in [5, 5.41) is 4.07. The zero-order valence-corrected chi connectivity index (χ0v) is 9.11. The predicted octanol–water partition coefficient (Wildman–Crippen LogP) is 0.928. The van der Waals surface area contributed by atoms with Gasteiger partial charge in [0.25, 0.3) is 0 Å². The van der Waals surface area contributed by atoms with E-state index in [0.717, 1.165) is 31.4 Å². The van der Waals surface area contributed by atoms with Crippen LogP contribution in [-0.4, -0.2) is 35.6 Å². The molecule has 0 spiro atoms. The summed E-state index contributed by atoms with van der Waals surface area (Å²) in [4.78, 5) is 10.5. The summed E-state index contributed by atoms with van der Waals surface area (Å²) in [6.07, 6.45) is 4.47. The van der Waals surface area contributed by atoms with Crippen molar-refractivity contribution in [3.8, 4) is 0 Å². The van der Waals surface area contributed by atoms with Crippen LogP contribution in [0.15, 0.2) is 12.5 Å². The van der Waals surface area contributed by atoms with Crippen LogP contribution in [0.1, 0.15) is 6.42 Å². The summed E-state index contributed by atoms with van der Waals surface area (Å²) >= 11 is 6.11. The van der Waals surface area contributed by atoms with E-state index in [2.05, 4.69) is 20.2 Å². The highest BCUT2D eigenvalue weighted by atomic mass is 35.5. The van der Waals surface area contributed by atoms with Crippen molar-refractivity contribution in [1.82, 2.24) is 15.3 Å². The van der Waals surface area contributed by atoms with Gasteiger partial charge >= 0.3 is 0 Å². The van der Waals surface area contributed by atoms with Crippen LogP contribution < -0.4 is 10.2 Å². The van der Waals surface area contributed by atoms with Crippen LogP contribution in [0.25, 0.3) is 0 Å². The summed E-state index contributed by atoms with van der Waals surface area (Å²) < 4.78 is 0. The largest absolute Gasteiger partial charge is 0.351 e. The van der Waals surface area contributed by atoms with Gasteiger partial charge in [0.05, 0.1) is 6.20 Å². The quantitative estimate of drug-likeness (QED) is 0.771. The van der Waals surface area contributed by atoms with E-state index in [0.29, 0.717) is 11.1 Å². The van der Waals surface area contributed by atoms with E-state index in [1.54, 1.807) is 12.5 Å². The second-order valence-electron chi connectivity index (χ2n) is 4.16. The van der Waals surface area contributed by atoms with Gasteiger partial charge in [-0.05, 0) is 12.3 Å². The van der Waals surface area contributed by atoms with E-state index in [9.17, 15) is 0 Å². The van der Waals surface area contributed by atoms with Crippen molar-refractivity contribution in [2.24, 2.45) is 5.92 Å². The van der Waals surface area contributed by atoms with Gasteiger partial charge < -0.3 is 10.2 Å². The van der Waals surface area contributed by atoms with Crippen molar-refractivity contribution >= 4 is 17.4 Å². The van der Waals surface area contributed by atoms with Gasteiger partial charge in [0.1, 0.15) is 11.3 Å². The Labute approximate surface area is 93.7 Å². The van der Waals surface area contributed by atoms with E-state index in [4.69, 9.17) is 11.6 Å². The molecule has 0 aromatic carbocycles. The number of halogens is 1. The lowest BCUT2D eigenvalue weighted by atomic mass is 10.1. The Kier molecular flexibility index (Phi) is 2.25. The van der Waals surface area contributed by atoms with Gasteiger partial charge in [-0.1, -0.05) is 11.6 Å². The Hall–Kier alpha value is -0.870. The number of hydrogen-bond acceptors (Lipinski definition) is 4. The number of aromatic nitrogens is 2. The third-order valence-electron chi connectivity index (χ3n) is 3.37. The van der Waals surface area contributed by atoms with Crippen LogP contribution in [0.3, 0.4) is 0 Å². The molecule has 5 heteroatoms. The minimum absolute atomic E-state index is 0.567. The van der Waals surface area contributed by atoms with Gasteiger partial charge in [-0.25, -0.2) is 9.97 Å². The van der Waals surface area contributed by atoms with Crippen LogP contribution in [0.5, 0.6) is 0 Å². The van der Waals surface area contributed by atoms with E-state index in [1.165, 1.54) is 6.42 Å². The number of hydrogen-bond donors (Lipinski definition) is 1. The number of fused-ring (bicyclic) bond motifs is 1. The Morgan fingerprint density at radius 1 is 1.47 bits per heavy atom. The first-order valence-corrected chi connectivity index (χ1v) is 5.67. The molecule has 3 rings (SSSR count). The van der Waals surface area contributed by atoms with Crippen LogP contribution in [0.4, 0.5) is 5.82 Å². The van der Waals surface area contributed by atoms with E-state index in [-0.39, 0.29) is 0 Å². The van der Waals surface area contributed by atoms with Crippen LogP contribution >= 0.6 is 11.6 Å². The topological polar surface area (TPSA) is 41.1 Å². The molecular formula is C10H13ClN4. The molecule has 0 saturated carbocycles. The maximum Gasteiger partial charge on any atom is 0.151 e. The summed E-state index contributed by atoms with van der Waals surface area (Å²) in [5.74, 6) is 1.65. The predicted molar refractivity (Wildman–Crippen MR) is 59.2 cm³/mol. The molecule has 2 atom stereocenters. The fourth-order valence-electron chi connectivity index (χ4n) is 2.63. The van der Waals surface area contributed by atoms with Crippen molar-refractivity contribution in [3.05, 3.63) is 17.5 Å². The molecule has 15 heavy (non-hydrogen) atoms. The number of anilines is 1. The maximum atomic E-state index is 6.11. The molecule has 0 aliphatic carbocycles. The molecule has 0 radical (unpaired) electrons. The minimum Gasteiger partial charge on any atom is -0.351 e. The Morgan fingerprint density at radius 3 is 3.27 bits per heavy atom. The lowest BCUT2D eigenvalue weighted by molar-refractivity contribution is 0.577. The fourth-order valence-corrected chi connectivity index (χ4v) is 2.84. The maximum absolute atomic E-state index is 6.11. The summed E-state index contributed by atoms with van der Waals surface area (Å²) in [7, 11) is 0. The van der Waals surface area contributed by atoms with Crippen molar-refractivity contribution in [3.63, 3.8) is 0 Å². The Bertz CT molecular complexity index is 370. The molecule has 2 aliphatic heterocycles. The van der Waals surface area contributed by atoms with Crippen molar-refractivity contribution in [1.29, 1.82) is 0 Å². The highest BCUT2D eigenvalue weighted by Crippen LogP contribution is 2.33. The highest BCUT2D eigenvalue weighted by molar-refractivity contribution is 6.32. The fraction of sp³-hybridized carbons (Fsp3) is 0.600. The van der Waals surface area contributed by atoms with Crippen LogP contribution in [-0.2, 0) is 0 Å². The second-order valence-corrected chi connectivity index (χ2v) is 4.57. The molecule has 2 saturated heterocycles. The molecular weight excluding hydrogens is 212 g/mol. The van der Waals surface area contributed by atoms with Crippen LogP contribution in [0, 0.1) is 5.92 Å². The molecule has 2 fully saturated rings. The molecule has 1 aromatic rings. The summed E-state index contributed by atoms with van der Waals surface area (Å²) in [6, 6.07) is 0.567. The Balaban J connectivity index is 1.91. The number of nitrogens with zero attached hydrogens (tertiary/aromatic N) is 3. The molecule has 0 bridgehead atoms. The normalized spacial score (nSPS) is 29.5. The SMILES string of the molecule is Clc1cncnc1N1CC[C@H]2CNC[C@H]21. The van der Waals surface area contributed by atoms with Gasteiger partial charge in [-0.3, -0.25) is 0 Å². The number of rotatable bonds is 1. The molecule has 0 amide bonds. The van der Waals surface area contributed by atoms with Gasteiger partial charge in [0, 0.05) is 25.7 Å². The highest BCUT2D eigenvalue weighted by Gasteiger charge is 2.38. The second kappa shape index (κ2) is 3.61. The molecule has 3 heterocycles. The summed E-state index contributed by atoms with van der Waals surface area (Å²) in [6.45, 7) is 3.24. The lowest BCUT2D eigenvalue weighted by Crippen LogP contribution is -2.34. The molecule has 2 aliphatic rings. The third kappa shape index (κ3) is 1.48. The first-order valence-electron chi connectivity index (χ1n) is 5.29. The number of nitrogens with one attached hydrogen (secondary N) is 1. The first kappa shape index (κ1) is 9.36. The van der Waals surface area contributed by atoms with Crippen molar-refractivity contribution in [2.75, 3.05) is 24.5 Å². The van der Waals surface area contributed by atoms with Gasteiger partial charge in [-0.15, -0.1) is 0 Å². The van der Waals surface area contributed by atoms with Crippen molar-refractivity contribution in [2.45, 2.75) is 12.5 Å². The van der Waals surface area contributed by atoms with E-state index >= 15 is 0 Å². The Morgan fingerprint density at radius 2 is 2.40 bits per heavy atom. The monoisotopic (exact) mass is 224 g/mol. The van der Waals surface area contributed by atoms with Gasteiger partial charge in [0.15, 0.2) is 5.82 Å². The molecule has 0 unspecified atom stereocenters. The average molecular weight is 225 g/mol. The lowest BCUT2D eigenvalue weighted by Gasteiger charge is -2.24. The first-order chi connectivity index (χ1) is 7.36. The zero-order valence-electron chi connectivity index (χ0n) is 8.36. The molecule has 1 aromatic heterocycles. The molecule has 80 valence electrons. The minimum atomic E-state index is 0.567.